The van der Waals surface area contributed by atoms with Crippen LogP contribution in [-0.2, 0) is 10.3 Å². The highest BCUT2D eigenvalue weighted by Crippen LogP contribution is 2.29. The summed E-state index contributed by atoms with van der Waals surface area (Å²) in [7, 11) is 0. The summed E-state index contributed by atoms with van der Waals surface area (Å²) in [5.74, 6) is -0.412. The van der Waals surface area contributed by atoms with Crippen LogP contribution in [0.2, 0.25) is 0 Å². The van der Waals surface area contributed by atoms with E-state index in [9.17, 15) is 10.0 Å². The van der Waals surface area contributed by atoms with Crippen molar-refractivity contribution in [2.24, 2.45) is 5.10 Å². The largest absolute Gasteiger partial charge is 0.315 e. The van der Waals surface area contributed by atoms with Gasteiger partial charge in [-0.2, -0.15) is 10.6 Å². The zero-order valence-corrected chi connectivity index (χ0v) is 10.6. The van der Waals surface area contributed by atoms with Crippen LogP contribution in [0.15, 0.2) is 65.8 Å². The third-order valence-electron chi connectivity index (χ3n) is 3.39. The van der Waals surface area contributed by atoms with Gasteiger partial charge in [0.1, 0.15) is 5.71 Å². The fourth-order valence-electron chi connectivity index (χ4n) is 2.38. The molecule has 0 aromatic heterocycles. The molecule has 1 amide bonds. The Morgan fingerprint density at radius 3 is 2.20 bits per heavy atom. The smallest absolute Gasteiger partial charge is 0.273 e. The number of hydrogen-bond donors (Lipinski definition) is 3. The molecule has 0 radical (unpaired) electrons. The molecule has 1 aliphatic heterocycles. The van der Waals surface area contributed by atoms with Crippen LogP contribution in [0.5, 0.6) is 0 Å². The first-order valence-corrected chi connectivity index (χ1v) is 6.20. The summed E-state index contributed by atoms with van der Waals surface area (Å²) in [6, 6.07) is 18.3. The molecular formula is C15H13N3O2. The summed E-state index contributed by atoms with van der Waals surface area (Å²) in [5, 5.41) is 13.8. The van der Waals surface area contributed by atoms with Crippen molar-refractivity contribution < 1.29 is 10.0 Å². The van der Waals surface area contributed by atoms with E-state index in [0.29, 0.717) is 11.3 Å². The molecule has 0 fully saturated rings. The molecule has 0 spiro atoms. The average Bonchev–Trinajstić information content (AvgIpc) is 2.86. The van der Waals surface area contributed by atoms with Crippen LogP contribution in [0.4, 0.5) is 0 Å². The second-order valence-electron chi connectivity index (χ2n) is 4.50. The van der Waals surface area contributed by atoms with Crippen molar-refractivity contribution in [1.29, 1.82) is 0 Å². The lowest BCUT2D eigenvalue weighted by atomic mass is 9.82. The molecule has 0 saturated heterocycles. The van der Waals surface area contributed by atoms with Crippen LogP contribution in [0.1, 0.15) is 11.1 Å². The summed E-state index contributed by atoms with van der Waals surface area (Å²) in [6.07, 6.45) is 0. The van der Waals surface area contributed by atoms with Crippen LogP contribution >= 0.6 is 0 Å². The molecule has 3 rings (SSSR count). The summed E-state index contributed by atoms with van der Waals surface area (Å²) in [4.78, 5) is 12.3. The summed E-state index contributed by atoms with van der Waals surface area (Å²) in [6.45, 7) is 0. The van der Waals surface area contributed by atoms with E-state index in [4.69, 9.17) is 0 Å². The standard InChI is InChI=1S/C15H13N3O2/c19-14-15(18-20,12-9-5-2-6-10-12)13(16-17-14)11-7-3-1-4-8-11/h1-10,18,20H,(H,17,19). The van der Waals surface area contributed by atoms with Gasteiger partial charge < -0.3 is 5.21 Å². The number of amides is 1. The van der Waals surface area contributed by atoms with E-state index < -0.39 is 11.4 Å². The number of hydrogen-bond acceptors (Lipinski definition) is 4. The molecule has 1 atom stereocenters. The van der Waals surface area contributed by atoms with Crippen molar-refractivity contribution in [3.8, 4) is 0 Å². The Morgan fingerprint density at radius 2 is 1.60 bits per heavy atom. The molecule has 1 unspecified atom stereocenters. The van der Waals surface area contributed by atoms with E-state index in [1.807, 2.05) is 48.5 Å². The van der Waals surface area contributed by atoms with Crippen molar-refractivity contribution in [3.63, 3.8) is 0 Å². The summed E-state index contributed by atoms with van der Waals surface area (Å²) in [5.41, 5.74) is 5.02. The Kier molecular flexibility index (Phi) is 3.06. The fraction of sp³-hybridized carbons (Fsp3) is 0.0667. The van der Waals surface area contributed by atoms with Gasteiger partial charge in [-0.05, 0) is 5.56 Å². The number of carbonyl (C=O) groups excluding carboxylic acids is 1. The molecule has 5 nitrogen and oxygen atoms in total. The number of nitrogens with zero attached hydrogens (tertiary/aromatic N) is 1. The summed E-state index contributed by atoms with van der Waals surface area (Å²) >= 11 is 0. The minimum Gasteiger partial charge on any atom is -0.315 e. The van der Waals surface area contributed by atoms with E-state index in [0.717, 1.165) is 5.56 Å². The minimum absolute atomic E-state index is 0.412. The van der Waals surface area contributed by atoms with Gasteiger partial charge in [-0.25, -0.2) is 5.43 Å². The molecule has 20 heavy (non-hydrogen) atoms. The molecule has 2 aromatic carbocycles. The lowest BCUT2D eigenvalue weighted by Gasteiger charge is -2.26. The second-order valence-corrected chi connectivity index (χ2v) is 4.50. The van der Waals surface area contributed by atoms with Crippen molar-refractivity contribution in [1.82, 2.24) is 10.9 Å². The minimum atomic E-state index is -1.39. The Balaban J connectivity index is 2.18. The second kappa shape index (κ2) is 4.88. The van der Waals surface area contributed by atoms with Crippen LogP contribution < -0.4 is 10.9 Å². The maximum atomic E-state index is 12.3. The highest BCUT2D eigenvalue weighted by molar-refractivity contribution is 6.23. The van der Waals surface area contributed by atoms with Crippen molar-refractivity contribution in [2.75, 3.05) is 0 Å². The van der Waals surface area contributed by atoms with Crippen LogP contribution in [0.25, 0.3) is 0 Å². The van der Waals surface area contributed by atoms with Crippen molar-refractivity contribution >= 4 is 11.6 Å². The lowest BCUT2D eigenvalue weighted by molar-refractivity contribution is -0.127. The normalized spacial score (nSPS) is 21.4. The predicted octanol–water partition coefficient (Wildman–Crippen LogP) is 1.39. The Bertz CT molecular complexity index is 655. The highest BCUT2D eigenvalue weighted by atomic mass is 16.5. The maximum absolute atomic E-state index is 12.3. The van der Waals surface area contributed by atoms with Gasteiger partial charge >= 0.3 is 0 Å². The first-order valence-electron chi connectivity index (χ1n) is 6.20. The third kappa shape index (κ3) is 1.72. The lowest BCUT2D eigenvalue weighted by Crippen LogP contribution is -2.53. The van der Waals surface area contributed by atoms with Gasteiger partial charge in [-0.15, -0.1) is 0 Å². The molecule has 100 valence electrons. The van der Waals surface area contributed by atoms with Gasteiger partial charge in [0.25, 0.3) is 5.91 Å². The number of rotatable bonds is 3. The molecule has 1 heterocycles. The molecule has 2 aromatic rings. The molecule has 0 saturated carbocycles. The third-order valence-corrected chi connectivity index (χ3v) is 3.39. The van der Waals surface area contributed by atoms with Gasteiger partial charge in [0, 0.05) is 5.56 Å². The zero-order valence-electron chi connectivity index (χ0n) is 10.6. The Hall–Kier alpha value is -2.50. The number of hydrazone groups is 1. The van der Waals surface area contributed by atoms with Gasteiger partial charge in [0.2, 0.25) is 0 Å². The van der Waals surface area contributed by atoms with E-state index in [2.05, 4.69) is 16.0 Å². The van der Waals surface area contributed by atoms with Crippen molar-refractivity contribution in [3.05, 3.63) is 71.8 Å². The number of carbonyl (C=O) groups is 1. The number of nitrogens with one attached hydrogen (secondary N) is 2. The topological polar surface area (TPSA) is 73.7 Å². The maximum Gasteiger partial charge on any atom is 0.273 e. The van der Waals surface area contributed by atoms with Crippen LogP contribution in [-0.4, -0.2) is 16.8 Å². The van der Waals surface area contributed by atoms with E-state index in [1.165, 1.54) is 0 Å². The molecule has 5 heteroatoms. The van der Waals surface area contributed by atoms with E-state index >= 15 is 0 Å². The molecule has 1 aliphatic rings. The van der Waals surface area contributed by atoms with E-state index in [1.54, 1.807) is 12.1 Å². The zero-order chi connectivity index (χ0) is 14.0. The average molecular weight is 267 g/mol. The van der Waals surface area contributed by atoms with E-state index in [-0.39, 0.29) is 0 Å². The molecule has 3 N–H and O–H groups in total. The fourth-order valence-corrected chi connectivity index (χ4v) is 2.38. The predicted molar refractivity (Wildman–Crippen MR) is 74.2 cm³/mol. The first-order chi connectivity index (χ1) is 9.79. The highest BCUT2D eigenvalue weighted by Gasteiger charge is 2.49. The number of hydroxylamine groups is 1. The van der Waals surface area contributed by atoms with Gasteiger partial charge in [0.05, 0.1) is 0 Å². The monoisotopic (exact) mass is 267 g/mol. The number of benzene rings is 2. The molecule has 0 aliphatic carbocycles. The van der Waals surface area contributed by atoms with Crippen LogP contribution in [0.3, 0.4) is 0 Å². The Morgan fingerprint density at radius 1 is 1.00 bits per heavy atom. The Labute approximate surface area is 115 Å². The van der Waals surface area contributed by atoms with Crippen LogP contribution in [0, 0.1) is 0 Å². The molecular weight excluding hydrogens is 254 g/mol. The van der Waals surface area contributed by atoms with Gasteiger partial charge in [0.15, 0.2) is 5.54 Å². The van der Waals surface area contributed by atoms with Gasteiger partial charge in [-0.1, -0.05) is 60.7 Å². The van der Waals surface area contributed by atoms with Crippen molar-refractivity contribution in [2.45, 2.75) is 5.54 Å². The quantitative estimate of drug-likeness (QED) is 0.736. The molecule has 0 bridgehead atoms. The first kappa shape index (κ1) is 12.5. The summed E-state index contributed by atoms with van der Waals surface area (Å²) < 4.78 is 0. The van der Waals surface area contributed by atoms with Gasteiger partial charge in [-0.3, -0.25) is 4.79 Å². The SMILES string of the molecule is O=C1NN=C(c2ccccc2)C1(NO)c1ccccc1.